The van der Waals surface area contributed by atoms with E-state index in [0.717, 1.165) is 0 Å². The molecule has 4 N–H and O–H groups in total. The minimum absolute atomic E-state index is 0.00136. The number of anilines is 1. The van der Waals surface area contributed by atoms with E-state index in [2.05, 4.69) is 0 Å². The first-order valence-corrected chi connectivity index (χ1v) is 19.4. The molecule has 1 aliphatic rings. The van der Waals surface area contributed by atoms with Crippen LogP contribution in [0, 0.1) is 29.1 Å². The molecule has 1 atom stereocenters. The molecule has 0 saturated carbocycles. The highest BCUT2D eigenvalue weighted by molar-refractivity contribution is 8.19. The largest absolute Gasteiger partial charge is 0.748 e. The fourth-order valence-electron chi connectivity index (χ4n) is 6.38. The fourth-order valence-corrected chi connectivity index (χ4v) is 7.53. The van der Waals surface area contributed by atoms with Crippen LogP contribution in [0.2, 0.25) is 0 Å². The van der Waals surface area contributed by atoms with Crippen LogP contribution < -0.4 is 9.47 Å². The molecule has 282 valence electrons. The first-order chi connectivity index (χ1) is 23.8. The fraction of sp³-hybridized carbons (Fsp3) is 0.455. The van der Waals surface area contributed by atoms with E-state index in [9.17, 15) is 44.6 Å². The molecule has 11 nitrogen and oxygen atoms in total. The SMILES string of the molecule is CC1(CCCCS(=O)(=O)[O-])/C(=C\C=C\c2oc3ccc(F)cc3[n+]2CCCCS(O)(O)O)N(CCCCCC(=O)O)c2c(F)c(F)c(F)c(F)c21. The van der Waals surface area contributed by atoms with Crippen LogP contribution in [0.3, 0.4) is 0 Å². The summed E-state index contributed by atoms with van der Waals surface area (Å²) < 4.78 is 144. The second-order valence-electron chi connectivity index (χ2n) is 12.5. The summed E-state index contributed by atoms with van der Waals surface area (Å²) in [6.45, 7) is 1.58. The number of halogens is 5. The number of nitrogens with zero attached hydrogens (tertiary/aromatic N) is 2. The summed E-state index contributed by atoms with van der Waals surface area (Å²) in [5.74, 6) is -9.78. The molecule has 51 heavy (non-hydrogen) atoms. The lowest BCUT2D eigenvalue weighted by Crippen LogP contribution is -2.35. The van der Waals surface area contributed by atoms with Gasteiger partial charge in [0.1, 0.15) is 5.82 Å². The predicted molar refractivity (Wildman–Crippen MR) is 179 cm³/mol. The summed E-state index contributed by atoms with van der Waals surface area (Å²) >= 11 is 0. The second kappa shape index (κ2) is 16.4. The van der Waals surface area contributed by atoms with Crippen LogP contribution in [-0.4, -0.2) is 55.8 Å². The standard InChI is InChI=1S/C33H39F5N2O9S2/c1-33(15-4-7-18-50(43,44)45)24(40(17-5-2-3-12-26(41)42)32-27(33)28(35)29(36)30(37)31(32)38)10-9-11-25-39(16-6-8-19-51(46,47)48)22-20-21(34)13-14-23(22)49-25/h9-11,13-14,20H,2-8,12,15-19H2,1H3,(H4-,41,42,43,44,45,46,47,48). The van der Waals surface area contributed by atoms with E-state index in [1.54, 1.807) is 4.57 Å². The van der Waals surface area contributed by atoms with E-state index < -0.39 is 78.5 Å². The third kappa shape index (κ3) is 9.87. The van der Waals surface area contributed by atoms with Gasteiger partial charge in [-0.15, -0.1) is 0 Å². The summed E-state index contributed by atoms with van der Waals surface area (Å²) in [7, 11) is -8.32. The highest BCUT2D eigenvalue weighted by Gasteiger charge is 2.49. The van der Waals surface area contributed by atoms with Crippen molar-refractivity contribution in [2.75, 3.05) is 23.0 Å². The number of carboxylic acid groups (broad SMARTS) is 1. The number of benzene rings is 2. The third-order valence-electron chi connectivity index (χ3n) is 8.75. The number of aromatic nitrogens is 1. The molecule has 3 aromatic rings. The smallest absolute Gasteiger partial charge is 0.374 e. The molecule has 0 spiro atoms. The average molecular weight is 767 g/mol. The Morgan fingerprint density at radius 2 is 1.63 bits per heavy atom. The van der Waals surface area contributed by atoms with Crippen molar-refractivity contribution in [2.24, 2.45) is 0 Å². The van der Waals surface area contributed by atoms with E-state index in [-0.39, 0.29) is 75.4 Å². The van der Waals surface area contributed by atoms with Crippen molar-refractivity contribution in [3.05, 3.63) is 76.6 Å². The zero-order valence-electron chi connectivity index (χ0n) is 27.6. The Morgan fingerprint density at radius 3 is 2.29 bits per heavy atom. The van der Waals surface area contributed by atoms with Crippen molar-refractivity contribution in [2.45, 2.75) is 76.7 Å². The van der Waals surface area contributed by atoms with Crippen LogP contribution >= 0.6 is 10.9 Å². The summed E-state index contributed by atoms with van der Waals surface area (Å²) in [5, 5.41) is 8.99. The van der Waals surface area contributed by atoms with Gasteiger partial charge in [0.05, 0.1) is 32.8 Å². The van der Waals surface area contributed by atoms with Gasteiger partial charge in [0.25, 0.3) is 5.52 Å². The first kappa shape index (κ1) is 40.2. The van der Waals surface area contributed by atoms with Gasteiger partial charge in [0, 0.05) is 53.6 Å². The number of carboxylic acids is 1. The Bertz CT molecular complexity index is 1930. The number of fused-ring (bicyclic) bond motifs is 2. The summed E-state index contributed by atoms with van der Waals surface area (Å²) in [4.78, 5) is 12.3. The number of rotatable bonds is 18. The average Bonchev–Trinajstić information content (AvgIpc) is 3.49. The van der Waals surface area contributed by atoms with E-state index >= 15 is 8.78 Å². The predicted octanol–water partition coefficient (Wildman–Crippen LogP) is 7.46. The molecule has 0 radical (unpaired) electrons. The minimum atomic E-state index is -4.60. The molecule has 1 unspecified atom stereocenters. The van der Waals surface area contributed by atoms with Crippen LogP contribution in [-0.2, 0) is 26.9 Å². The first-order valence-electron chi connectivity index (χ1n) is 16.1. The molecule has 0 fully saturated rings. The normalized spacial score (nSPS) is 17.7. The molecule has 0 bridgehead atoms. The van der Waals surface area contributed by atoms with Crippen molar-refractivity contribution < 1.29 is 67.5 Å². The van der Waals surface area contributed by atoms with E-state index in [0.29, 0.717) is 23.9 Å². The van der Waals surface area contributed by atoms with Gasteiger partial charge in [-0.3, -0.25) is 4.79 Å². The lowest BCUT2D eigenvalue weighted by atomic mass is 9.76. The molecule has 0 saturated heterocycles. The number of aliphatic carboxylic acids is 1. The highest BCUT2D eigenvalue weighted by Crippen LogP contribution is 2.54. The number of carbonyl (C=O) groups is 1. The van der Waals surface area contributed by atoms with Gasteiger partial charge in [0.2, 0.25) is 5.58 Å². The Kier molecular flexibility index (Phi) is 12.9. The van der Waals surface area contributed by atoms with Crippen LogP contribution in [0.25, 0.3) is 17.2 Å². The van der Waals surface area contributed by atoms with Gasteiger partial charge in [-0.1, -0.05) is 18.9 Å². The van der Waals surface area contributed by atoms with E-state index in [1.807, 2.05) is 0 Å². The van der Waals surface area contributed by atoms with Crippen molar-refractivity contribution >= 4 is 49.8 Å². The number of oxazole rings is 1. The van der Waals surface area contributed by atoms with Crippen molar-refractivity contribution in [1.82, 2.24) is 0 Å². The van der Waals surface area contributed by atoms with Gasteiger partial charge in [-0.2, -0.15) is 4.57 Å². The highest BCUT2D eigenvalue weighted by atomic mass is 32.3. The van der Waals surface area contributed by atoms with Crippen molar-refractivity contribution in [3.8, 4) is 0 Å². The summed E-state index contributed by atoms with van der Waals surface area (Å²) in [5.41, 5.74) is -1.83. The van der Waals surface area contributed by atoms with Crippen molar-refractivity contribution in [3.63, 3.8) is 0 Å². The minimum Gasteiger partial charge on any atom is -0.748 e. The lowest BCUT2D eigenvalue weighted by molar-refractivity contribution is -0.678. The quantitative estimate of drug-likeness (QED) is 0.0254. The Morgan fingerprint density at radius 1 is 0.941 bits per heavy atom. The number of hydrogen-bond acceptors (Lipinski definition) is 9. The monoisotopic (exact) mass is 766 g/mol. The zero-order chi connectivity index (χ0) is 37.7. The maximum atomic E-state index is 15.7. The molecule has 18 heteroatoms. The van der Waals surface area contributed by atoms with Crippen LogP contribution in [0.1, 0.15) is 76.2 Å². The molecular weight excluding hydrogens is 727 g/mol. The number of hydrogen-bond donors (Lipinski definition) is 4. The Balaban J connectivity index is 1.79. The number of allylic oxidation sites excluding steroid dienone is 3. The van der Waals surface area contributed by atoms with Crippen LogP contribution in [0.4, 0.5) is 27.6 Å². The number of unbranched alkanes of at least 4 members (excludes halogenated alkanes) is 4. The summed E-state index contributed by atoms with van der Waals surface area (Å²) in [6.07, 6.45) is 5.28. The van der Waals surface area contributed by atoms with Gasteiger partial charge in [-0.25, -0.2) is 30.4 Å². The van der Waals surface area contributed by atoms with Gasteiger partial charge < -0.3 is 32.6 Å². The van der Waals surface area contributed by atoms with Crippen molar-refractivity contribution in [1.29, 1.82) is 0 Å². The molecule has 1 aliphatic heterocycles. The van der Waals surface area contributed by atoms with Crippen LogP contribution in [0.15, 0.2) is 40.5 Å². The van der Waals surface area contributed by atoms with Gasteiger partial charge in [-0.05, 0) is 57.2 Å². The van der Waals surface area contributed by atoms with Crippen LogP contribution in [0.5, 0.6) is 0 Å². The lowest BCUT2D eigenvalue weighted by Gasteiger charge is -2.30. The molecular formula is C33H39F5N2O9S2. The third-order valence-corrected chi connectivity index (χ3v) is 10.4. The van der Waals surface area contributed by atoms with Gasteiger partial charge in [0.15, 0.2) is 29.8 Å². The van der Waals surface area contributed by atoms with E-state index in [4.69, 9.17) is 9.52 Å². The maximum absolute atomic E-state index is 15.7. The maximum Gasteiger partial charge on any atom is 0.374 e. The summed E-state index contributed by atoms with van der Waals surface area (Å²) in [6, 6.07) is 3.80. The van der Waals surface area contributed by atoms with Gasteiger partial charge >= 0.3 is 11.9 Å². The second-order valence-corrected chi connectivity index (χ2v) is 15.7. The molecule has 1 aromatic heterocycles. The molecule has 2 aromatic carbocycles. The molecule has 0 amide bonds. The molecule has 4 rings (SSSR count). The number of aryl methyl sites for hydroxylation is 1. The Labute approximate surface area is 293 Å². The zero-order valence-corrected chi connectivity index (χ0v) is 29.2. The topological polar surface area (TPSA) is 175 Å². The molecule has 0 aliphatic carbocycles. The Hall–Kier alpha value is -3.55. The van der Waals surface area contributed by atoms with E-state index in [1.165, 1.54) is 48.3 Å². The molecule has 2 heterocycles.